The lowest BCUT2D eigenvalue weighted by molar-refractivity contribution is -0.117. The van der Waals surface area contributed by atoms with Gasteiger partial charge in [-0.3, -0.25) is 14.5 Å². The van der Waals surface area contributed by atoms with E-state index in [4.69, 9.17) is 0 Å². The molecule has 3 aromatic carbocycles. The number of amides is 1. The van der Waals surface area contributed by atoms with Crippen molar-refractivity contribution in [3.8, 4) is 11.3 Å². The molecule has 2 heterocycles. The van der Waals surface area contributed by atoms with Crippen LogP contribution in [0, 0.1) is 5.82 Å². The molecule has 0 unspecified atom stereocenters. The van der Waals surface area contributed by atoms with Crippen LogP contribution in [0.2, 0.25) is 0 Å². The fourth-order valence-electron chi connectivity index (χ4n) is 5.20. The zero-order valence-electron chi connectivity index (χ0n) is 19.2. The van der Waals surface area contributed by atoms with Gasteiger partial charge in [0, 0.05) is 54.9 Å². The van der Waals surface area contributed by atoms with Crippen LogP contribution in [0.15, 0.2) is 71.5 Å². The van der Waals surface area contributed by atoms with Crippen molar-refractivity contribution >= 4 is 28.1 Å². The van der Waals surface area contributed by atoms with Gasteiger partial charge >= 0.3 is 0 Å². The van der Waals surface area contributed by atoms with Gasteiger partial charge in [-0.15, -0.1) is 0 Å². The van der Waals surface area contributed by atoms with Crippen molar-refractivity contribution in [2.75, 3.05) is 42.9 Å². The number of anilines is 2. The van der Waals surface area contributed by atoms with Gasteiger partial charge < -0.3 is 15.2 Å². The number of halogens is 1. The second kappa shape index (κ2) is 8.67. The standard InChI is InChI=1S/C28H25FN4O2/c29-19-6-9-21(10-7-19)33-13-11-32(12-14-33)17-26(34)30-20-8-5-18-15-25-22-3-1-2-4-23(22)28(35)31-27(25)24(18)16-20/h1-10,16H,11-15,17H2,(H,30,34)(H,31,35). The molecule has 1 aliphatic heterocycles. The van der Waals surface area contributed by atoms with Crippen molar-refractivity contribution in [2.45, 2.75) is 6.42 Å². The third kappa shape index (κ3) is 4.08. The predicted octanol–water partition coefficient (Wildman–Crippen LogP) is 4.00. The Hall–Kier alpha value is -3.97. The van der Waals surface area contributed by atoms with Crippen LogP contribution in [0.5, 0.6) is 0 Å². The van der Waals surface area contributed by atoms with Crippen molar-refractivity contribution in [3.05, 3.63) is 94.0 Å². The number of fused-ring (bicyclic) bond motifs is 5. The van der Waals surface area contributed by atoms with Crippen LogP contribution in [-0.2, 0) is 11.2 Å². The van der Waals surface area contributed by atoms with E-state index in [0.717, 1.165) is 71.7 Å². The first-order valence-electron chi connectivity index (χ1n) is 11.8. The van der Waals surface area contributed by atoms with Crippen LogP contribution in [0.25, 0.3) is 22.0 Å². The maximum absolute atomic E-state index is 13.2. The van der Waals surface area contributed by atoms with Gasteiger partial charge in [0.25, 0.3) is 5.56 Å². The third-order valence-electron chi connectivity index (χ3n) is 7.00. The predicted molar refractivity (Wildman–Crippen MR) is 136 cm³/mol. The Bertz CT molecular complexity index is 1490. The lowest BCUT2D eigenvalue weighted by Gasteiger charge is -2.35. The van der Waals surface area contributed by atoms with Gasteiger partial charge in [-0.1, -0.05) is 24.3 Å². The third-order valence-corrected chi connectivity index (χ3v) is 7.00. The van der Waals surface area contributed by atoms with Gasteiger partial charge in [-0.05, 0) is 59.0 Å². The van der Waals surface area contributed by atoms with Gasteiger partial charge in [0.15, 0.2) is 0 Å². The topological polar surface area (TPSA) is 68.4 Å². The zero-order chi connectivity index (χ0) is 23.9. The minimum absolute atomic E-state index is 0.0644. The summed E-state index contributed by atoms with van der Waals surface area (Å²) in [5, 5.41) is 4.70. The fourth-order valence-corrected chi connectivity index (χ4v) is 5.20. The number of nitrogens with zero attached hydrogens (tertiary/aromatic N) is 2. The molecular formula is C28H25FN4O2. The molecule has 35 heavy (non-hydrogen) atoms. The van der Waals surface area contributed by atoms with Crippen LogP contribution in [0.4, 0.5) is 15.8 Å². The molecule has 2 N–H and O–H groups in total. The molecule has 2 aliphatic rings. The van der Waals surface area contributed by atoms with Gasteiger partial charge in [0.1, 0.15) is 5.82 Å². The van der Waals surface area contributed by atoms with E-state index in [0.29, 0.717) is 11.9 Å². The minimum atomic E-state index is -0.237. The summed E-state index contributed by atoms with van der Waals surface area (Å²) in [6.45, 7) is 3.41. The Morgan fingerprint density at radius 2 is 1.69 bits per heavy atom. The van der Waals surface area contributed by atoms with Gasteiger partial charge in [-0.2, -0.15) is 0 Å². The first kappa shape index (κ1) is 21.6. The van der Waals surface area contributed by atoms with E-state index in [1.165, 1.54) is 12.1 Å². The Morgan fingerprint density at radius 1 is 0.943 bits per heavy atom. The second-order valence-electron chi connectivity index (χ2n) is 9.19. The average molecular weight is 469 g/mol. The lowest BCUT2D eigenvalue weighted by atomic mass is 10.0. The summed E-state index contributed by atoms with van der Waals surface area (Å²) in [5.74, 6) is -0.302. The molecule has 1 saturated heterocycles. The summed E-state index contributed by atoms with van der Waals surface area (Å²) in [6.07, 6.45) is 0.758. The number of benzene rings is 3. The zero-order valence-corrected chi connectivity index (χ0v) is 19.2. The maximum Gasteiger partial charge on any atom is 0.256 e. The number of hydrogen-bond donors (Lipinski definition) is 2. The number of nitrogens with one attached hydrogen (secondary N) is 2. The molecule has 6 rings (SSSR count). The number of aromatic amines is 1. The highest BCUT2D eigenvalue weighted by Crippen LogP contribution is 2.39. The van der Waals surface area contributed by atoms with Crippen molar-refractivity contribution < 1.29 is 9.18 Å². The Labute approximate surface area is 202 Å². The van der Waals surface area contributed by atoms with Crippen molar-refractivity contribution in [2.24, 2.45) is 0 Å². The number of H-pyrrole nitrogens is 1. The molecule has 1 aliphatic carbocycles. The second-order valence-corrected chi connectivity index (χ2v) is 9.19. The highest BCUT2D eigenvalue weighted by Gasteiger charge is 2.24. The Morgan fingerprint density at radius 3 is 2.46 bits per heavy atom. The number of aromatic nitrogens is 1. The van der Waals surface area contributed by atoms with Gasteiger partial charge in [0.05, 0.1) is 12.2 Å². The fraction of sp³-hybridized carbons (Fsp3) is 0.214. The SMILES string of the molecule is O=C(CN1CCN(c2ccc(F)cc2)CC1)Nc1ccc2c(c1)-c1[nH]c(=O)c3ccccc3c1C2. The molecule has 7 heteroatoms. The summed E-state index contributed by atoms with van der Waals surface area (Å²) in [6, 6.07) is 20.1. The van der Waals surface area contributed by atoms with Crippen LogP contribution >= 0.6 is 0 Å². The number of hydrogen-bond acceptors (Lipinski definition) is 4. The molecule has 1 fully saturated rings. The first-order chi connectivity index (χ1) is 17.0. The van der Waals surface area contributed by atoms with Crippen molar-refractivity contribution in [3.63, 3.8) is 0 Å². The molecule has 6 nitrogen and oxygen atoms in total. The first-order valence-corrected chi connectivity index (χ1v) is 11.8. The molecule has 1 amide bonds. The van der Waals surface area contributed by atoms with Crippen LogP contribution < -0.4 is 15.8 Å². The maximum atomic E-state index is 13.2. The molecule has 1 aromatic heterocycles. The van der Waals surface area contributed by atoms with E-state index in [2.05, 4.69) is 20.1 Å². The smallest absolute Gasteiger partial charge is 0.256 e. The molecule has 0 saturated carbocycles. The highest BCUT2D eigenvalue weighted by atomic mass is 19.1. The summed E-state index contributed by atoms with van der Waals surface area (Å²) in [4.78, 5) is 32.8. The molecule has 0 bridgehead atoms. The van der Waals surface area contributed by atoms with Crippen LogP contribution in [0.1, 0.15) is 11.1 Å². The largest absolute Gasteiger partial charge is 0.369 e. The molecule has 4 aromatic rings. The summed E-state index contributed by atoms with van der Waals surface area (Å²) in [7, 11) is 0. The van der Waals surface area contributed by atoms with Crippen LogP contribution in [-0.4, -0.2) is 48.5 Å². The van der Waals surface area contributed by atoms with Crippen molar-refractivity contribution in [1.82, 2.24) is 9.88 Å². The van der Waals surface area contributed by atoms with E-state index in [-0.39, 0.29) is 17.3 Å². The molecular weight excluding hydrogens is 443 g/mol. The number of piperazine rings is 1. The normalized spacial score (nSPS) is 15.2. The van der Waals surface area contributed by atoms with E-state index in [9.17, 15) is 14.0 Å². The van der Waals surface area contributed by atoms with Gasteiger partial charge in [-0.25, -0.2) is 4.39 Å². The van der Waals surface area contributed by atoms with Gasteiger partial charge in [0.2, 0.25) is 5.91 Å². The van der Waals surface area contributed by atoms with E-state index >= 15 is 0 Å². The number of pyridine rings is 1. The van der Waals surface area contributed by atoms with Crippen LogP contribution in [0.3, 0.4) is 0 Å². The monoisotopic (exact) mass is 468 g/mol. The number of carbonyl (C=O) groups excluding carboxylic acids is 1. The van der Waals surface area contributed by atoms with E-state index < -0.39 is 0 Å². The quantitative estimate of drug-likeness (QED) is 0.419. The number of carbonyl (C=O) groups is 1. The molecule has 0 atom stereocenters. The number of rotatable bonds is 4. The summed E-state index contributed by atoms with van der Waals surface area (Å²) < 4.78 is 13.2. The Kier molecular flexibility index (Phi) is 5.34. The molecule has 0 spiro atoms. The van der Waals surface area contributed by atoms with E-state index in [1.807, 2.05) is 42.5 Å². The summed E-state index contributed by atoms with van der Waals surface area (Å²) >= 11 is 0. The van der Waals surface area contributed by atoms with Crippen molar-refractivity contribution in [1.29, 1.82) is 0 Å². The molecule has 176 valence electrons. The minimum Gasteiger partial charge on any atom is -0.369 e. The van der Waals surface area contributed by atoms with E-state index in [1.54, 1.807) is 12.1 Å². The summed E-state index contributed by atoms with van der Waals surface area (Å²) in [5.41, 5.74) is 5.70. The lowest BCUT2D eigenvalue weighted by Crippen LogP contribution is -2.48. The average Bonchev–Trinajstić information content (AvgIpc) is 3.23. The highest BCUT2D eigenvalue weighted by molar-refractivity contribution is 5.96. The molecule has 0 radical (unpaired) electrons. The Balaban J connectivity index is 1.13.